The zero-order valence-corrected chi connectivity index (χ0v) is 8.30. The summed E-state index contributed by atoms with van der Waals surface area (Å²) in [7, 11) is 0. The molecule has 0 N–H and O–H groups in total. The molecule has 0 amide bonds. The summed E-state index contributed by atoms with van der Waals surface area (Å²) >= 11 is 0. The number of aryl methyl sites for hydroxylation is 1. The second kappa shape index (κ2) is 4.04. The molecular weight excluding hydrogens is 192 g/mol. The minimum atomic E-state index is 0.287. The van der Waals surface area contributed by atoms with Gasteiger partial charge in [0.25, 0.3) is 0 Å². The van der Waals surface area contributed by atoms with Crippen molar-refractivity contribution in [2.45, 2.75) is 13.3 Å². The fourth-order valence-electron chi connectivity index (χ4n) is 1.31. The summed E-state index contributed by atoms with van der Waals surface area (Å²) in [6, 6.07) is 3.68. The monoisotopic (exact) mass is 202 g/mol. The Hall–Kier alpha value is -1.97. The van der Waals surface area contributed by atoms with Crippen molar-refractivity contribution in [3.05, 3.63) is 36.0 Å². The lowest BCUT2D eigenvalue weighted by molar-refractivity contribution is -0.107. The molecule has 0 aromatic carbocycles. The van der Waals surface area contributed by atoms with Gasteiger partial charge in [-0.05, 0) is 19.1 Å². The Kier molecular flexibility index (Phi) is 2.58. The largest absolute Gasteiger partial charge is 0.441 e. The first kappa shape index (κ1) is 9.58. The van der Waals surface area contributed by atoms with E-state index in [1.54, 1.807) is 19.3 Å². The fourth-order valence-corrected chi connectivity index (χ4v) is 1.31. The van der Waals surface area contributed by atoms with Gasteiger partial charge in [0.1, 0.15) is 12.0 Å². The van der Waals surface area contributed by atoms with Crippen LogP contribution in [0.3, 0.4) is 0 Å². The summed E-state index contributed by atoms with van der Waals surface area (Å²) in [5, 5.41) is 0. The van der Waals surface area contributed by atoms with E-state index in [-0.39, 0.29) is 6.42 Å². The van der Waals surface area contributed by atoms with E-state index >= 15 is 0 Å². The van der Waals surface area contributed by atoms with Gasteiger partial charge in [0.2, 0.25) is 5.89 Å². The van der Waals surface area contributed by atoms with Crippen molar-refractivity contribution in [1.82, 2.24) is 9.97 Å². The molecule has 2 aromatic rings. The van der Waals surface area contributed by atoms with Crippen LogP contribution in [0.4, 0.5) is 0 Å². The highest BCUT2D eigenvalue weighted by atomic mass is 16.4. The molecule has 0 saturated carbocycles. The van der Waals surface area contributed by atoms with Crippen LogP contribution in [0.2, 0.25) is 0 Å². The topological polar surface area (TPSA) is 56.0 Å². The predicted octanol–water partition coefficient (Wildman–Crippen LogP) is 1.79. The van der Waals surface area contributed by atoms with Crippen LogP contribution in [0.5, 0.6) is 0 Å². The van der Waals surface area contributed by atoms with Crippen molar-refractivity contribution in [1.29, 1.82) is 0 Å². The lowest BCUT2D eigenvalue weighted by Gasteiger charge is -1.91. The van der Waals surface area contributed by atoms with E-state index in [0.717, 1.165) is 11.8 Å². The molecule has 0 saturated heterocycles. The molecule has 2 aromatic heterocycles. The number of carbonyl (C=O) groups excluding carboxylic acids is 1. The number of nitrogens with zero attached hydrogens (tertiary/aromatic N) is 2. The highest BCUT2D eigenvalue weighted by Gasteiger charge is 2.10. The maximum atomic E-state index is 10.4. The Morgan fingerprint density at radius 3 is 3.07 bits per heavy atom. The van der Waals surface area contributed by atoms with Crippen LogP contribution < -0.4 is 0 Å². The van der Waals surface area contributed by atoms with Crippen LogP contribution in [0.1, 0.15) is 11.5 Å². The maximum absolute atomic E-state index is 10.4. The number of oxazole rings is 1. The molecule has 4 heteroatoms. The number of pyridine rings is 1. The molecule has 0 aliphatic carbocycles. The van der Waals surface area contributed by atoms with Crippen LogP contribution in [0.25, 0.3) is 11.5 Å². The van der Waals surface area contributed by atoms with Crippen LogP contribution >= 0.6 is 0 Å². The predicted molar refractivity (Wildman–Crippen MR) is 54.2 cm³/mol. The van der Waals surface area contributed by atoms with Crippen molar-refractivity contribution in [2.24, 2.45) is 0 Å². The summed E-state index contributed by atoms with van der Waals surface area (Å²) in [5.41, 5.74) is 1.50. The van der Waals surface area contributed by atoms with Gasteiger partial charge in [0.15, 0.2) is 0 Å². The number of hydrogen-bond acceptors (Lipinski definition) is 4. The molecule has 15 heavy (non-hydrogen) atoms. The van der Waals surface area contributed by atoms with Gasteiger partial charge in [0, 0.05) is 18.8 Å². The molecule has 0 radical (unpaired) electrons. The average molecular weight is 202 g/mol. The quantitative estimate of drug-likeness (QED) is 0.712. The van der Waals surface area contributed by atoms with E-state index in [2.05, 4.69) is 9.97 Å². The maximum Gasteiger partial charge on any atom is 0.228 e. The normalized spacial score (nSPS) is 10.2. The molecule has 0 aliphatic heterocycles. The van der Waals surface area contributed by atoms with E-state index in [1.807, 2.05) is 12.1 Å². The van der Waals surface area contributed by atoms with Crippen LogP contribution in [-0.2, 0) is 11.2 Å². The van der Waals surface area contributed by atoms with Gasteiger partial charge in [-0.25, -0.2) is 4.98 Å². The van der Waals surface area contributed by atoms with Crippen LogP contribution in [0.15, 0.2) is 28.9 Å². The van der Waals surface area contributed by atoms with Crippen molar-refractivity contribution < 1.29 is 9.21 Å². The van der Waals surface area contributed by atoms with Crippen molar-refractivity contribution in [2.75, 3.05) is 0 Å². The van der Waals surface area contributed by atoms with Gasteiger partial charge < -0.3 is 9.21 Å². The second-order valence-electron chi connectivity index (χ2n) is 3.13. The summed E-state index contributed by atoms with van der Waals surface area (Å²) in [4.78, 5) is 18.6. The van der Waals surface area contributed by atoms with Crippen LogP contribution in [0, 0.1) is 6.92 Å². The summed E-state index contributed by atoms with van der Waals surface area (Å²) < 4.78 is 5.44. The SMILES string of the molecule is Cc1oc(-c2cccnc2)nc1CC=O. The molecular formula is C11H10N2O2. The van der Waals surface area contributed by atoms with Gasteiger partial charge in [-0.15, -0.1) is 0 Å². The smallest absolute Gasteiger partial charge is 0.228 e. The van der Waals surface area contributed by atoms with E-state index in [1.165, 1.54) is 0 Å². The van der Waals surface area contributed by atoms with Gasteiger partial charge in [-0.3, -0.25) is 4.98 Å². The molecule has 0 unspecified atom stereocenters. The third kappa shape index (κ3) is 1.93. The standard InChI is InChI=1S/C11H10N2O2/c1-8-10(4-6-14)13-11(15-8)9-3-2-5-12-7-9/h2-3,5-7H,4H2,1H3. The summed E-state index contributed by atoms with van der Waals surface area (Å²) in [5.74, 6) is 1.19. The zero-order valence-electron chi connectivity index (χ0n) is 8.30. The highest BCUT2D eigenvalue weighted by Crippen LogP contribution is 2.20. The van der Waals surface area contributed by atoms with Gasteiger partial charge in [0.05, 0.1) is 11.3 Å². The summed E-state index contributed by atoms with van der Waals surface area (Å²) in [6.07, 6.45) is 4.47. The van der Waals surface area contributed by atoms with Gasteiger partial charge in [-0.2, -0.15) is 0 Å². The lowest BCUT2D eigenvalue weighted by atomic mass is 10.3. The molecule has 76 valence electrons. The number of carbonyl (C=O) groups is 1. The van der Waals surface area contributed by atoms with Gasteiger partial charge in [-0.1, -0.05) is 0 Å². The van der Waals surface area contributed by atoms with Crippen LogP contribution in [-0.4, -0.2) is 16.3 Å². The summed E-state index contributed by atoms with van der Waals surface area (Å²) in [6.45, 7) is 1.80. The molecule has 4 nitrogen and oxygen atoms in total. The first-order valence-corrected chi connectivity index (χ1v) is 4.61. The molecule has 2 heterocycles. The lowest BCUT2D eigenvalue weighted by Crippen LogP contribution is -1.88. The van der Waals surface area contributed by atoms with Crippen molar-refractivity contribution in [3.8, 4) is 11.5 Å². The Bertz CT molecular complexity index is 463. The Morgan fingerprint density at radius 1 is 1.53 bits per heavy atom. The Balaban J connectivity index is 2.38. The van der Waals surface area contributed by atoms with Gasteiger partial charge >= 0.3 is 0 Å². The number of rotatable bonds is 3. The van der Waals surface area contributed by atoms with E-state index in [4.69, 9.17) is 4.42 Å². The first-order chi connectivity index (χ1) is 7.31. The van der Waals surface area contributed by atoms with Crippen molar-refractivity contribution in [3.63, 3.8) is 0 Å². The van der Waals surface area contributed by atoms with E-state index in [9.17, 15) is 4.79 Å². The minimum Gasteiger partial charge on any atom is -0.441 e. The average Bonchev–Trinajstić information content (AvgIpc) is 2.63. The molecule has 0 spiro atoms. The number of aromatic nitrogens is 2. The van der Waals surface area contributed by atoms with E-state index < -0.39 is 0 Å². The number of hydrogen-bond donors (Lipinski definition) is 0. The molecule has 0 aliphatic rings. The Morgan fingerprint density at radius 2 is 2.40 bits per heavy atom. The second-order valence-corrected chi connectivity index (χ2v) is 3.13. The number of aldehydes is 1. The molecule has 2 rings (SSSR count). The van der Waals surface area contributed by atoms with E-state index in [0.29, 0.717) is 17.3 Å². The zero-order chi connectivity index (χ0) is 10.7. The fraction of sp³-hybridized carbons (Fsp3) is 0.182. The molecule has 0 fully saturated rings. The third-order valence-corrected chi connectivity index (χ3v) is 2.08. The van der Waals surface area contributed by atoms with Crippen molar-refractivity contribution >= 4 is 6.29 Å². The third-order valence-electron chi connectivity index (χ3n) is 2.08. The Labute approximate surface area is 87.0 Å². The minimum absolute atomic E-state index is 0.287. The highest BCUT2D eigenvalue weighted by molar-refractivity contribution is 5.56. The molecule has 0 bridgehead atoms. The first-order valence-electron chi connectivity index (χ1n) is 4.61. The molecule has 0 atom stereocenters.